The van der Waals surface area contributed by atoms with E-state index in [1.807, 2.05) is 0 Å². The Hall–Kier alpha value is -1.13. The molecule has 1 aromatic carbocycles. The summed E-state index contributed by atoms with van der Waals surface area (Å²) in [5.41, 5.74) is 0.419. The minimum Gasteiger partial charge on any atom is -0.484 e. The van der Waals surface area contributed by atoms with Crippen molar-refractivity contribution in [1.82, 2.24) is 0 Å². The van der Waals surface area contributed by atoms with Crippen molar-refractivity contribution in [3.8, 4) is 5.75 Å². The number of aliphatic hydroxyl groups excluding tert-OH is 2. The van der Waals surface area contributed by atoms with E-state index in [0.717, 1.165) is 19.3 Å². The first-order valence-corrected chi connectivity index (χ1v) is 5.95. The van der Waals surface area contributed by atoms with E-state index in [4.69, 9.17) is 9.84 Å². The van der Waals surface area contributed by atoms with Crippen LogP contribution >= 0.6 is 0 Å². The summed E-state index contributed by atoms with van der Waals surface area (Å²) in [6, 6.07) is 4.45. The fourth-order valence-corrected chi connectivity index (χ4v) is 2.18. The van der Waals surface area contributed by atoms with Gasteiger partial charge >= 0.3 is 0 Å². The highest BCUT2D eigenvalue weighted by atomic mass is 19.1. The monoisotopic (exact) mass is 240 g/mol. The molecule has 0 radical (unpaired) electrons. The number of hydrogen-bond acceptors (Lipinski definition) is 3. The van der Waals surface area contributed by atoms with Crippen molar-refractivity contribution in [2.75, 3.05) is 0 Å². The Morgan fingerprint density at radius 2 is 2.06 bits per heavy atom. The van der Waals surface area contributed by atoms with Crippen molar-refractivity contribution in [2.24, 2.45) is 0 Å². The van der Waals surface area contributed by atoms with Gasteiger partial charge < -0.3 is 14.9 Å². The SMILES string of the molecule is OCc1cccc(F)c1OC1CCCCC1O. The van der Waals surface area contributed by atoms with E-state index in [-0.39, 0.29) is 18.5 Å². The average Bonchev–Trinajstić information content (AvgIpc) is 2.34. The third kappa shape index (κ3) is 2.76. The standard InChI is InChI=1S/C13H17FO3/c14-10-5-3-4-9(8-15)13(10)17-12-7-2-1-6-11(12)16/h3-5,11-12,15-16H,1-2,6-8H2. The fourth-order valence-electron chi connectivity index (χ4n) is 2.18. The van der Waals surface area contributed by atoms with Crippen LogP contribution in [0.2, 0.25) is 0 Å². The minimum atomic E-state index is -0.546. The predicted octanol–water partition coefficient (Wildman–Crippen LogP) is 2.00. The highest BCUT2D eigenvalue weighted by Crippen LogP contribution is 2.28. The maximum atomic E-state index is 13.6. The van der Waals surface area contributed by atoms with Crippen LogP contribution in [0.1, 0.15) is 31.2 Å². The molecule has 94 valence electrons. The van der Waals surface area contributed by atoms with Gasteiger partial charge in [0.15, 0.2) is 11.6 Å². The van der Waals surface area contributed by atoms with Crippen LogP contribution in [0.3, 0.4) is 0 Å². The Balaban J connectivity index is 2.16. The van der Waals surface area contributed by atoms with Gasteiger partial charge in [-0.25, -0.2) is 4.39 Å². The van der Waals surface area contributed by atoms with Crippen LogP contribution in [0.15, 0.2) is 18.2 Å². The van der Waals surface area contributed by atoms with Crippen LogP contribution in [0.4, 0.5) is 4.39 Å². The van der Waals surface area contributed by atoms with E-state index in [1.54, 1.807) is 6.07 Å². The molecule has 2 N–H and O–H groups in total. The molecule has 0 spiro atoms. The predicted molar refractivity (Wildman–Crippen MR) is 61.2 cm³/mol. The Kier molecular flexibility index (Phi) is 3.97. The molecule has 1 aliphatic carbocycles. The summed E-state index contributed by atoms with van der Waals surface area (Å²) >= 11 is 0. The summed E-state index contributed by atoms with van der Waals surface area (Å²) in [4.78, 5) is 0. The molecule has 3 nitrogen and oxygen atoms in total. The lowest BCUT2D eigenvalue weighted by Crippen LogP contribution is -2.35. The highest BCUT2D eigenvalue weighted by molar-refractivity contribution is 5.34. The van der Waals surface area contributed by atoms with E-state index < -0.39 is 11.9 Å². The Morgan fingerprint density at radius 1 is 1.29 bits per heavy atom. The van der Waals surface area contributed by atoms with Crippen molar-refractivity contribution in [3.63, 3.8) is 0 Å². The number of hydrogen-bond donors (Lipinski definition) is 2. The topological polar surface area (TPSA) is 49.7 Å². The average molecular weight is 240 g/mol. The lowest BCUT2D eigenvalue weighted by atomic mass is 9.95. The van der Waals surface area contributed by atoms with Crippen LogP contribution < -0.4 is 4.74 Å². The molecule has 1 aliphatic rings. The largest absolute Gasteiger partial charge is 0.484 e. The van der Waals surface area contributed by atoms with E-state index in [0.29, 0.717) is 12.0 Å². The van der Waals surface area contributed by atoms with Gasteiger partial charge in [0.25, 0.3) is 0 Å². The number of benzene rings is 1. The molecule has 17 heavy (non-hydrogen) atoms. The zero-order valence-electron chi connectivity index (χ0n) is 9.60. The first-order valence-electron chi connectivity index (χ1n) is 5.95. The third-order valence-corrected chi connectivity index (χ3v) is 3.16. The summed E-state index contributed by atoms with van der Waals surface area (Å²) in [5, 5.41) is 18.9. The van der Waals surface area contributed by atoms with Gasteiger partial charge in [-0.3, -0.25) is 0 Å². The molecule has 1 aromatic rings. The number of halogens is 1. The Labute approximate surface area is 99.8 Å². The molecule has 2 atom stereocenters. The van der Waals surface area contributed by atoms with Crippen LogP contribution in [-0.2, 0) is 6.61 Å². The normalized spacial score (nSPS) is 24.6. The van der Waals surface area contributed by atoms with Crippen molar-refractivity contribution in [2.45, 2.75) is 44.5 Å². The molecule has 0 aliphatic heterocycles. The van der Waals surface area contributed by atoms with Crippen molar-refractivity contribution >= 4 is 0 Å². The van der Waals surface area contributed by atoms with Crippen LogP contribution in [0.25, 0.3) is 0 Å². The van der Waals surface area contributed by atoms with Crippen molar-refractivity contribution in [1.29, 1.82) is 0 Å². The molecular formula is C13H17FO3. The van der Waals surface area contributed by atoms with E-state index in [1.165, 1.54) is 12.1 Å². The molecule has 0 amide bonds. The lowest BCUT2D eigenvalue weighted by Gasteiger charge is -2.29. The number of aliphatic hydroxyl groups is 2. The van der Waals surface area contributed by atoms with Gasteiger partial charge in [0.2, 0.25) is 0 Å². The van der Waals surface area contributed by atoms with Gasteiger partial charge in [0.05, 0.1) is 12.7 Å². The van der Waals surface area contributed by atoms with Gasteiger partial charge in [-0.05, 0) is 25.3 Å². The lowest BCUT2D eigenvalue weighted by molar-refractivity contribution is 0.00391. The fraction of sp³-hybridized carbons (Fsp3) is 0.538. The molecule has 0 bridgehead atoms. The zero-order chi connectivity index (χ0) is 12.3. The maximum absolute atomic E-state index is 13.6. The summed E-state index contributed by atoms with van der Waals surface area (Å²) in [5.74, 6) is -0.421. The molecule has 0 aromatic heterocycles. The number of rotatable bonds is 3. The second-order valence-electron chi connectivity index (χ2n) is 4.39. The molecular weight excluding hydrogens is 223 g/mol. The van der Waals surface area contributed by atoms with Crippen molar-refractivity contribution in [3.05, 3.63) is 29.6 Å². The number of ether oxygens (including phenoxy) is 1. The number of para-hydroxylation sites is 1. The van der Waals surface area contributed by atoms with E-state index in [2.05, 4.69) is 0 Å². The first-order chi connectivity index (χ1) is 8.22. The van der Waals surface area contributed by atoms with Crippen LogP contribution in [-0.4, -0.2) is 22.4 Å². The molecule has 2 unspecified atom stereocenters. The first kappa shape index (κ1) is 12.3. The van der Waals surface area contributed by atoms with E-state index >= 15 is 0 Å². The second-order valence-corrected chi connectivity index (χ2v) is 4.39. The Bertz CT molecular complexity index is 381. The molecule has 0 heterocycles. The Morgan fingerprint density at radius 3 is 2.76 bits per heavy atom. The third-order valence-electron chi connectivity index (χ3n) is 3.16. The summed E-state index contributed by atoms with van der Waals surface area (Å²) in [6.45, 7) is -0.268. The van der Waals surface area contributed by atoms with E-state index in [9.17, 15) is 9.50 Å². The molecule has 4 heteroatoms. The van der Waals surface area contributed by atoms with Gasteiger partial charge in [0, 0.05) is 5.56 Å². The quantitative estimate of drug-likeness (QED) is 0.849. The molecule has 0 saturated heterocycles. The van der Waals surface area contributed by atoms with Gasteiger partial charge in [-0.15, -0.1) is 0 Å². The van der Waals surface area contributed by atoms with Crippen LogP contribution in [0, 0.1) is 5.82 Å². The van der Waals surface area contributed by atoms with Gasteiger partial charge in [-0.2, -0.15) is 0 Å². The molecule has 1 fully saturated rings. The van der Waals surface area contributed by atoms with Gasteiger partial charge in [0.1, 0.15) is 6.10 Å². The van der Waals surface area contributed by atoms with Crippen molar-refractivity contribution < 1.29 is 19.3 Å². The maximum Gasteiger partial charge on any atom is 0.165 e. The van der Waals surface area contributed by atoms with Crippen LogP contribution in [0.5, 0.6) is 5.75 Å². The smallest absolute Gasteiger partial charge is 0.165 e. The highest BCUT2D eigenvalue weighted by Gasteiger charge is 2.26. The minimum absolute atomic E-state index is 0.0703. The molecule has 2 rings (SSSR count). The summed E-state index contributed by atoms with van der Waals surface area (Å²) in [6.07, 6.45) is 2.45. The molecule has 1 saturated carbocycles. The zero-order valence-corrected chi connectivity index (χ0v) is 9.60. The summed E-state index contributed by atoms with van der Waals surface area (Å²) in [7, 11) is 0. The van der Waals surface area contributed by atoms with Gasteiger partial charge in [-0.1, -0.05) is 18.6 Å². The summed E-state index contributed by atoms with van der Waals surface area (Å²) < 4.78 is 19.1. The second kappa shape index (κ2) is 5.47.